The van der Waals surface area contributed by atoms with Gasteiger partial charge in [0.1, 0.15) is 0 Å². The summed E-state index contributed by atoms with van der Waals surface area (Å²) in [5, 5.41) is 0. The molecule has 1 radical (unpaired) electrons. The van der Waals surface area contributed by atoms with E-state index in [0.29, 0.717) is 0 Å². The summed E-state index contributed by atoms with van der Waals surface area (Å²) in [5.74, 6) is -15.0. The van der Waals surface area contributed by atoms with Crippen molar-refractivity contribution >= 4 is 8.80 Å². The summed E-state index contributed by atoms with van der Waals surface area (Å²) in [6.07, 6.45) is -25.4. The summed E-state index contributed by atoms with van der Waals surface area (Å²) in [6, 6.07) is -0.424. The van der Waals surface area contributed by atoms with E-state index in [1.807, 2.05) is 0 Å². The van der Waals surface area contributed by atoms with Crippen molar-refractivity contribution in [2.45, 2.75) is 62.4 Å². The highest BCUT2D eigenvalue weighted by Gasteiger charge is 2.91. The lowest BCUT2D eigenvalue weighted by molar-refractivity contribution is -0.461. The van der Waals surface area contributed by atoms with Gasteiger partial charge in [0.15, 0.2) is 0 Å². The predicted molar refractivity (Wildman–Crippen MR) is 62.0 cm³/mol. The first-order valence-corrected chi connectivity index (χ1v) is 9.12. The van der Waals surface area contributed by atoms with Crippen molar-refractivity contribution in [3.05, 3.63) is 0 Å². The zero-order valence-electron chi connectivity index (χ0n) is 12.5. The van der Waals surface area contributed by atoms with Crippen molar-refractivity contribution in [3.63, 3.8) is 0 Å². The van der Waals surface area contributed by atoms with Gasteiger partial charge in [-0.1, -0.05) is 25.6 Å². The van der Waals surface area contributed by atoms with Crippen LogP contribution in [0.3, 0.4) is 0 Å². The van der Waals surface area contributed by atoms with Crippen LogP contribution in [0.1, 0.15) is 12.8 Å². The van der Waals surface area contributed by atoms with E-state index >= 15 is 0 Å². The molecule has 0 aromatic carbocycles. The summed E-state index contributed by atoms with van der Waals surface area (Å²) in [4.78, 5) is 0. The molecule has 0 aliphatic heterocycles. The first-order chi connectivity index (χ1) is 10.7. The molecule has 0 N–H and O–H groups in total. The minimum absolute atomic E-state index is 0.424. The van der Waals surface area contributed by atoms with Crippen LogP contribution in [0.25, 0.3) is 0 Å². The average Bonchev–Trinajstić information content (AvgIpc) is 2.28. The van der Waals surface area contributed by atoms with Gasteiger partial charge >= 0.3 is 30.4 Å². The lowest BCUT2D eigenvalue weighted by atomic mass is 9.72. The van der Waals surface area contributed by atoms with Crippen LogP contribution < -0.4 is 0 Å². The van der Waals surface area contributed by atoms with Crippen LogP contribution in [0.2, 0.25) is 19.1 Å². The normalized spacial score (nSPS) is 15.8. The number of alkyl halides is 13. The van der Waals surface area contributed by atoms with Crippen molar-refractivity contribution in [1.29, 1.82) is 0 Å². The third-order valence-corrected chi connectivity index (χ3v) is 4.84. The van der Waals surface area contributed by atoms with Crippen LogP contribution >= 0.6 is 0 Å². The van der Waals surface area contributed by atoms with Crippen LogP contribution in [0.5, 0.6) is 0 Å². The topological polar surface area (TPSA) is 0 Å². The molecule has 0 atom stereocenters. The van der Waals surface area contributed by atoms with Gasteiger partial charge in [0.25, 0.3) is 0 Å². The van der Waals surface area contributed by atoms with Gasteiger partial charge in [-0.3, -0.25) is 0 Å². The van der Waals surface area contributed by atoms with Gasteiger partial charge in [0.2, 0.25) is 5.41 Å². The monoisotopic (exact) mass is 419 g/mol. The highest BCUT2D eigenvalue weighted by molar-refractivity contribution is 6.55. The molecule has 0 amide bonds. The van der Waals surface area contributed by atoms with Gasteiger partial charge < -0.3 is 0 Å². The first kappa shape index (κ1) is 24.3. The SMILES string of the molecule is C[Si](C)CCCC(C(F)(F)F)(C(F)(F)F)C(F)(F)C(F)(F)C(F)(F)F. The Morgan fingerprint density at radius 3 is 1.16 bits per heavy atom. The molecule has 0 rings (SSSR count). The molecular weight excluding hydrogens is 407 g/mol. The van der Waals surface area contributed by atoms with E-state index in [9.17, 15) is 57.1 Å². The quantitative estimate of drug-likeness (QED) is 0.342. The zero-order valence-corrected chi connectivity index (χ0v) is 13.5. The second-order valence-electron chi connectivity index (χ2n) is 5.61. The highest BCUT2D eigenvalue weighted by Crippen LogP contribution is 2.67. The Bertz CT molecular complexity index is 428. The van der Waals surface area contributed by atoms with Crippen LogP contribution in [0.15, 0.2) is 0 Å². The smallest absolute Gasteiger partial charge is 0.198 e. The van der Waals surface area contributed by atoms with Crippen LogP contribution in [-0.4, -0.2) is 39.2 Å². The largest absolute Gasteiger partial charge is 0.459 e. The predicted octanol–water partition coefficient (Wildman–Crippen LogP) is 6.46. The fourth-order valence-electron chi connectivity index (χ4n) is 2.11. The summed E-state index contributed by atoms with van der Waals surface area (Å²) < 4.78 is 167. The Morgan fingerprint density at radius 1 is 0.560 bits per heavy atom. The lowest BCUT2D eigenvalue weighted by Gasteiger charge is -2.45. The molecule has 0 heterocycles. The maximum Gasteiger partial charge on any atom is 0.459 e. The molecule has 0 saturated carbocycles. The Labute approximate surface area is 135 Å². The molecule has 0 bridgehead atoms. The zero-order chi connectivity index (χ0) is 20.7. The average molecular weight is 419 g/mol. The molecule has 0 spiro atoms. The Kier molecular flexibility index (Phi) is 6.61. The molecule has 0 fully saturated rings. The van der Waals surface area contributed by atoms with Crippen molar-refractivity contribution in [2.24, 2.45) is 5.41 Å². The maximum absolute atomic E-state index is 13.6. The Hall–Kier alpha value is -0.693. The summed E-state index contributed by atoms with van der Waals surface area (Å²) in [6.45, 7) is 2.77. The molecule has 0 aliphatic rings. The minimum Gasteiger partial charge on any atom is -0.198 e. The maximum atomic E-state index is 13.6. The van der Waals surface area contributed by atoms with Gasteiger partial charge in [-0.15, -0.1) is 0 Å². The Balaban J connectivity index is 6.56. The third kappa shape index (κ3) is 4.02. The molecule has 0 nitrogen and oxygen atoms in total. The molecule has 151 valence electrons. The van der Waals surface area contributed by atoms with Crippen molar-refractivity contribution < 1.29 is 57.1 Å². The van der Waals surface area contributed by atoms with Gasteiger partial charge in [-0.25, -0.2) is 0 Å². The number of hydrogen-bond acceptors (Lipinski definition) is 0. The van der Waals surface area contributed by atoms with Gasteiger partial charge in [-0.2, -0.15) is 57.1 Å². The molecule has 0 aromatic rings. The van der Waals surface area contributed by atoms with E-state index in [1.54, 1.807) is 0 Å². The van der Waals surface area contributed by atoms with Crippen molar-refractivity contribution in [3.8, 4) is 0 Å². The van der Waals surface area contributed by atoms with E-state index in [1.165, 1.54) is 13.1 Å². The molecule has 0 saturated heterocycles. The van der Waals surface area contributed by atoms with Gasteiger partial charge in [-0.05, 0) is 6.42 Å². The molecule has 0 aliphatic carbocycles. The van der Waals surface area contributed by atoms with E-state index in [2.05, 4.69) is 0 Å². The highest BCUT2D eigenvalue weighted by atomic mass is 28.3. The fourth-order valence-corrected chi connectivity index (χ4v) is 2.99. The van der Waals surface area contributed by atoms with Crippen LogP contribution in [-0.2, 0) is 0 Å². The molecule has 14 heteroatoms. The standard InChI is InChI=1S/C11H12F13Si/c1-25(2)5-3-4-6(9(16,17)18,10(19,20)21)7(12,13)8(14,15)11(22,23)24/h3-5H2,1-2H3. The van der Waals surface area contributed by atoms with Gasteiger partial charge in [0, 0.05) is 8.80 Å². The summed E-state index contributed by atoms with van der Waals surface area (Å²) >= 11 is 0. The van der Waals surface area contributed by atoms with E-state index in [-0.39, 0.29) is 0 Å². The minimum atomic E-state index is -7.54. The van der Waals surface area contributed by atoms with E-state index in [4.69, 9.17) is 0 Å². The van der Waals surface area contributed by atoms with Crippen LogP contribution in [0, 0.1) is 5.41 Å². The third-order valence-electron chi connectivity index (χ3n) is 3.48. The number of halogens is 13. The number of rotatable bonds is 6. The molecule has 25 heavy (non-hydrogen) atoms. The summed E-state index contributed by atoms with van der Waals surface area (Å²) in [7, 11) is -1.54. The molecule has 0 aromatic heterocycles. The first-order valence-electron chi connectivity index (χ1n) is 6.41. The molecule has 0 unspecified atom stereocenters. The number of hydrogen-bond donors (Lipinski definition) is 0. The second kappa shape index (κ2) is 6.80. The summed E-state index contributed by atoms with van der Waals surface area (Å²) in [5.41, 5.74) is -6.54. The molecular formula is C11H12F13Si. The lowest BCUT2D eigenvalue weighted by Crippen LogP contribution is -2.70. The van der Waals surface area contributed by atoms with Crippen molar-refractivity contribution in [1.82, 2.24) is 0 Å². The van der Waals surface area contributed by atoms with Crippen LogP contribution in [0.4, 0.5) is 57.1 Å². The van der Waals surface area contributed by atoms with E-state index in [0.717, 1.165) is 0 Å². The van der Waals surface area contributed by atoms with E-state index < -0.39 is 63.5 Å². The fraction of sp³-hybridized carbons (Fsp3) is 1.00. The second-order valence-corrected chi connectivity index (χ2v) is 8.52. The van der Waals surface area contributed by atoms with Gasteiger partial charge in [0.05, 0.1) is 0 Å². The Morgan fingerprint density at radius 2 is 0.920 bits per heavy atom. The van der Waals surface area contributed by atoms with Crippen molar-refractivity contribution in [2.75, 3.05) is 0 Å².